The summed E-state index contributed by atoms with van der Waals surface area (Å²) < 4.78 is 5.25. The summed E-state index contributed by atoms with van der Waals surface area (Å²) in [5.74, 6) is 3.60. The van der Waals surface area contributed by atoms with Crippen molar-refractivity contribution in [3.8, 4) is 12.3 Å². The number of fused-ring (bicyclic) bond motifs is 3. The molecular formula is C21H29N3O3S. The van der Waals surface area contributed by atoms with E-state index in [4.69, 9.17) is 16.1 Å². The first kappa shape index (κ1) is 21.0. The molecule has 2 aromatic rings. The number of hydrogen-bond donors (Lipinski definition) is 2. The highest BCUT2D eigenvalue weighted by molar-refractivity contribution is 7.18. The summed E-state index contributed by atoms with van der Waals surface area (Å²) in [4.78, 5) is 24.6. The summed E-state index contributed by atoms with van der Waals surface area (Å²) in [7, 11) is 0. The third-order valence-corrected chi connectivity index (χ3v) is 6.17. The largest absolute Gasteiger partial charge is 0.389 e. The molecule has 0 aromatic carbocycles. The van der Waals surface area contributed by atoms with E-state index in [2.05, 4.69) is 29.7 Å². The van der Waals surface area contributed by atoms with Crippen LogP contribution >= 0.6 is 11.3 Å². The smallest absolute Gasteiger partial charge is 0.259 e. The van der Waals surface area contributed by atoms with E-state index in [0.717, 1.165) is 42.4 Å². The molecule has 1 aliphatic carbocycles. The zero-order chi connectivity index (χ0) is 20.1. The van der Waals surface area contributed by atoms with Crippen LogP contribution in [0.5, 0.6) is 0 Å². The van der Waals surface area contributed by atoms with Crippen LogP contribution < -0.4 is 5.56 Å². The normalized spacial score (nSPS) is 14.7. The topological polar surface area (TPSA) is 78.5 Å². The molecule has 3 rings (SSSR count). The number of aromatic amines is 1. The number of nitrogens with one attached hydrogen (secondary N) is 1. The molecule has 1 aliphatic rings. The lowest BCUT2D eigenvalue weighted by molar-refractivity contribution is 0.0247. The minimum atomic E-state index is -0.637. The van der Waals surface area contributed by atoms with Gasteiger partial charge in [-0.2, -0.15) is 0 Å². The Kier molecular flexibility index (Phi) is 7.24. The van der Waals surface area contributed by atoms with Crippen molar-refractivity contribution < 1.29 is 9.84 Å². The molecule has 2 heterocycles. The van der Waals surface area contributed by atoms with Crippen LogP contribution in [0, 0.1) is 18.3 Å². The average molecular weight is 404 g/mol. The van der Waals surface area contributed by atoms with Crippen LogP contribution in [-0.2, 0) is 24.1 Å². The summed E-state index contributed by atoms with van der Waals surface area (Å²) in [6.07, 6.45) is 8.69. The van der Waals surface area contributed by atoms with Gasteiger partial charge in [0.05, 0.1) is 24.6 Å². The van der Waals surface area contributed by atoms with Gasteiger partial charge in [-0.15, -0.1) is 17.8 Å². The lowest BCUT2D eigenvalue weighted by Crippen LogP contribution is -2.36. The van der Waals surface area contributed by atoms with Gasteiger partial charge in [-0.1, -0.05) is 19.8 Å². The van der Waals surface area contributed by atoms with Gasteiger partial charge in [0.1, 0.15) is 17.3 Å². The second-order valence-electron chi connectivity index (χ2n) is 7.84. The lowest BCUT2D eigenvalue weighted by Gasteiger charge is -2.25. The number of hydrogen-bond acceptors (Lipinski definition) is 6. The first-order valence-corrected chi connectivity index (χ1v) is 10.7. The Morgan fingerprint density at radius 3 is 3.00 bits per heavy atom. The fourth-order valence-electron chi connectivity index (χ4n) is 3.61. The number of terminal acetylenes is 1. The average Bonchev–Trinajstić information content (AvgIpc) is 3.20. The third kappa shape index (κ3) is 5.21. The summed E-state index contributed by atoms with van der Waals surface area (Å²) >= 11 is 1.65. The molecule has 0 saturated heterocycles. The van der Waals surface area contributed by atoms with Crippen LogP contribution in [0.25, 0.3) is 10.2 Å². The van der Waals surface area contributed by atoms with Gasteiger partial charge in [0.25, 0.3) is 5.56 Å². The van der Waals surface area contributed by atoms with Gasteiger partial charge >= 0.3 is 0 Å². The van der Waals surface area contributed by atoms with Crippen LogP contribution in [-0.4, -0.2) is 52.4 Å². The molecule has 0 radical (unpaired) electrons. The predicted molar refractivity (Wildman–Crippen MR) is 113 cm³/mol. The highest BCUT2D eigenvalue weighted by Gasteiger charge is 2.22. The van der Waals surface area contributed by atoms with E-state index in [0.29, 0.717) is 24.8 Å². The minimum Gasteiger partial charge on any atom is -0.389 e. The standard InChI is InChI=1S/C21H29N3O3S/c1-4-10-27-13-15(25)11-24(9-8-14(2)3)12-18-22-20(26)19-16-6-5-7-17(16)28-21(19)23-18/h1,14-15,25H,5-13H2,2-3H3,(H,22,23,26). The number of rotatable bonds is 10. The Bertz CT molecular complexity index is 897. The van der Waals surface area contributed by atoms with Crippen molar-refractivity contribution in [2.24, 2.45) is 5.92 Å². The lowest BCUT2D eigenvalue weighted by atomic mass is 10.1. The second-order valence-corrected chi connectivity index (χ2v) is 8.92. The fraction of sp³-hybridized carbons (Fsp3) is 0.619. The molecule has 152 valence electrons. The number of ether oxygens (including phenoxy) is 1. The van der Waals surface area contributed by atoms with Crippen LogP contribution in [0.2, 0.25) is 0 Å². The highest BCUT2D eigenvalue weighted by atomic mass is 32.1. The third-order valence-electron chi connectivity index (χ3n) is 4.98. The van der Waals surface area contributed by atoms with Crippen LogP contribution in [0.3, 0.4) is 0 Å². The number of aliphatic hydroxyl groups excluding tert-OH is 1. The van der Waals surface area contributed by atoms with E-state index >= 15 is 0 Å². The van der Waals surface area contributed by atoms with Gasteiger partial charge in [-0.25, -0.2) is 4.98 Å². The molecule has 2 N–H and O–H groups in total. The molecule has 28 heavy (non-hydrogen) atoms. The van der Waals surface area contributed by atoms with E-state index in [1.54, 1.807) is 11.3 Å². The van der Waals surface area contributed by atoms with E-state index in [1.165, 1.54) is 10.4 Å². The van der Waals surface area contributed by atoms with Crippen LogP contribution in [0.15, 0.2) is 4.79 Å². The Labute approximate surface area is 169 Å². The monoisotopic (exact) mass is 403 g/mol. The minimum absolute atomic E-state index is 0.0406. The highest BCUT2D eigenvalue weighted by Crippen LogP contribution is 2.34. The van der Waals surface area contributed by atoms with E-state index in [-0.39, 0.29) is 18.8 Å². The van der Waals surface area contributed by atoms with E-state index in [9.17, 15) is 9.90 Å². The van der Waals surface area contributed by atoms with E-state index < -0.39 is 6.10 Å². The molecule has 0 fully saturated rings. The SMILES string of the molecule is C#CCOCC(O)CN(CCC(C)C)Cc1nc2sc3c(c2c(=O)[nH]1)CCC3. The van der Waals surface area contributed by atoms with Gasteiger partial charge < -0.3 is 14.8 Å². The van der Waals surface area contributed by atoms with Crippen molar-refractivity contribution in [1.29, 1.82) is 0 Å². The zero-order valence-electron chi connectivity index (χ0n) is 16.7. The van der Waals surface area contributed by atoms with Crippen molar-refractivity contribution >= 4 is 21.6 Å². The first-order valence-electron chi connectivity index (χ1n) is 9.93. The molecule has 0 spiro atoms. The summed E-state index contributed by atoms with van der Waals surface area (Å²) in [6.45, 7) is 6.48. The number of aromatic nitrogens is 2. The fourth-order valence-corrected chi connectivity index (χ4v) is 4.89. The predicted octanol–water partition coefficient (Wildman–Crippen LogP) is 2.33. The number of aryl methyl sites for hydroxylation is 2. The maximum absolute atomic E-state index is 12.7. The molecule has 0 bridgehead atoms. The number of aliphatic hydroxyl groups is 1. The summed E-state index contributed by atoms with van der Waals surface area (Å²) in [6, 6.07) is 0. The van der Waals surface area contributed by atoms with Crippen molar-refractivity contribution in [2.75, 3.05) is 26.3 Å². The zero-order valence-corrected chi connectivity index (χ0v) is 17.5. The van der Waals surface area contributed by atoms with Gasteiger partial charge in [-0.05, 0) is 43.7 Å². The van der Waals surface area contributed by atoms with Crippen LogP contribution in [0.4, 0.5) is 0 Å². The van der Waals surface area contributed by atoms with Gasteiger partial charge in [0, 0.05) is 11.4 Å². The van der Waals surface area contributed by atoms with Gasteiger partial charge in [0.15, 0.2) is 0 Å². The van der Waals surface area contributed by atoms with E-state index in [1.807, 2.05) is 0 Å². The summed E-state index contributed by atoms with van der Waals surface area (Å²) in [5, 5.41) is 11.0. The van der Waals surface area contributed by atoms with Crippen LogP contribution in [0.1, 0.15) is 43.0 Å². The Hall–Kier alpha value is -1.72. The molecule has 1 atom stereocenters. The molecule has 0 aliphatic heterocycles. The first-order chi connectivity index (χ1) is 13.5. The maximum atomic E-state index is 12.7. The Morgan fingerprint density at radius 1 is 1.43 bits per heavy atom. The number of thiophene rings is 1. The van der Waals surface area contributed by atoms with Crippen molar-refractivity contribution in [3.05, 3.63) is 26.6 Å². The molecule has 0 amide bonds. The number of H-pyrrole nitrogens is 1. The van der Waals surface area contributed by atoms with Crippen molar-refractivity contribution in [3.63, 3.8) is 0 Å². The van der Waals surface area contributed by atoms with Gasteiger partial charge in [0.2, 0.25) is 0 Å². The Morgan fingerprint density at radius 2 is 2.25 bits per heavy atom. The molecule has 0 saturated carbocycles. The maximum Gasteiger partial charge on any atom is 0.259 e. The molecule has 6 nitrogen and oxygen atoms in total. The Balaban J connectivity index is 1.74. The molecule has 1 unspecified atom stereocenters. The number of nitrogens with zero attached hydrogens (tertiary/aromatic N) is 2. The van der Waals surface area contributed by atoms with Crippen molar-refractivity contribution in [2.45, 2.75) is 52.2 Å². The molecule has 2 aromatic heterocycles. The van der Waals surface area contributed by atoms with Crippen molar-refractivity contribution in [1.82, 2.24) is 14.9 Å². The quantitative estimate of drug-likeness (QED) is 0.470. The van der Waals surface area contributed by atoms with Gasteiger partial charge in [-0.3, -0.25) is 9.69 Å². The molecule has 7 heteroatoms. The molecular weight excluding hydrogens is 374 g/mol. The second kappa shape index (κ2) is 9.66. The summed E-state index contributed by atoms with van der Waals surface area (Å²) in [5.41, 5.74) is 1.15.